The standard InChI is InChI=1S/2C26H31FN2O3/c2*1-17(2)24-25(30)28-22(19-13-15-20(27)16-14-19)11-7-5-9-18(3)32-23-12-8-6-10-21(23)26(31)29(24)4/h2*5-8,10,12-18,22,24H,9,11H2,1-4H3,(H,28,30)/b7-5+;7-5-/t2*18-,22+,24+/m11/s1. The topological polar surface area (TPSA) is 117 Å². The van der Waals surface area contributed by atoms with Gasteiger partial charge in [0.15, 0.2) is 0 Å². The summed E-state index contributed by atoms with van der Waals surface area (Å²) < 4.78 is 39.0. The summed E-state index contributed by atoms with van der Waals surface area (Å²) in [5.74, 6) is -0.909. The van der Waals surface area contributed by atoms with Crippen LogP contribution in [0.2, 0.25) is 0 Å². The number of nitrogens with zero attached hydrogens (tertiary/aromatic N) is 2. The van der Waals surface area contributed by atoms with Crippen molar-refractivity contribution >= 4 is 23.6 Å². The Morgan fingerprint density at radius 3 is 1.19 bits per heavy atom. The van der Waals surface area contributed by atoms with Crippen molar-refractivity contribution in [3.8, 4) is 11.5 Å². The normalized spacial score (nSPS) is 23.7. The smallest absolute Gasteiger partial charge is 0.258 e. The molecule has 6 rings (SSSR count). The van der Waals surface area contributed by atoms with Crippen molar-refractivity contribution in [2.45, 2.75) is 104 Å². The van der Waals surface area contributed by atoms with E-state index < -0.39 is 12.1 Å². The molecule has 0 spiro atoms. The molecule has 10 nitrogen and oxygen atoms in total. The van der Waals surface area contributed by atoms with Gasteiger partial charge in [0.05, 0.1) is 35.4 Å². The molecular weight excluding hydrogens is 815 g/mol. The first-order valence-corrected chi connectivity index (χ1v) is 22.0. The van der Waals surface area contributed by atoms with Gasteiger partial charge in [-0.3, -0.25) is 19.2 Å². The number of para-hydroxylation sites is 2. The van der Waals surface area contributed by atoms with E-state index in [-0.39, 0.29) is 71.4 Å². The van der Waals surface area contributed by atoms with Gasteiger partial charge in [0, 0.05) is 26.9 Å². The quantitative estimate of drug-likeness (QED) is 0.197. The first-order valence-electron chi connectivity index (χ1n) is 22.0. The third-order valence-electron chi connectivity index (χ3n) is 11.4. The average Bonchev–Trinajstić information content (AvgIpc) is 3.25. The fourth-order valence-electron chi connectivity index (χ4n) is 8.01. The van der Waals surface area contributed by atoms with Crippen molar-refractivity contribution in [1.29, 1.82) is 0 Å². The minimum absolute atomic E-state index is 0.117. The van der Waals surface area contributed by atoms with Crippen LogP contribution >= 0.6 is 0 Å². The monoisotopic (exact) mass is 876 g/mol. The molecule has 12 heteroatoms. The van der Waals surface area contributed by atoms with E-state index in [0.29, 0.717) is 48.3 Å². The number of carbonyl (C=O) groups is 4. The maximum atomic E-state index is 13.4. The van der Waals surface area contributed by atoms with Crippen LogP contribution in [-0.2, 0) is 9.59 Å². The summed E-state index contributed by atoms with van der Waals surface area (Å²) in [6.45, 7) is 11.6. The van der Waals surface area contributed by atoms with Crippen LogP contribution in [-0.4, -0.2) is 71.8 Å². The van der Waals surface area contributed by atoms with E-state index in [2.05, 4.69) is 10.6 Å². The van der Waals surface area contributed by atoms with Crippen molar-refractivity contribution < 1.29 is 37.4 Å². The number of carbonyl (C=O) groups excluding carboxylic acids is 4. The molecule has 0 saturated carbocycles. The Kier molecular flexibility index (Phi) is 17.4. The zero-order valence-corrected chi connectivity index (χ0v) is 38.1. The highest BCUT2D eigenvalue weighted by Gasteiger charge is 2.34. The molecule has 64 heavy (non-hydrogen) atoms. The van der Waals surface area contributed by atoms with E-state index in [4.69, 9.17) is 9.47 Å². The van der Waals surface area contributed by atoms with E-state index in [9.17, 15) is 28.0 Å². The second-order valence-corrected chi connectivity index (χ2v) is 17.2. The number of fused-ring (bicyclic) bond motifs is 2. The highest BCUT2D eigenvalue weighted by molar-refractivity contribution is 6.00. The Bertz CT molecular complexity index is 2100. The second-order valence-electron chi connectivity index (χ2n) is 17.2. The van der Waals surface area contributed by atoms with Crippen LogP contribution in [0.3, 0.4) is 0 Å². The number of hydrogen-bond acceptors (Lipinski definition) is 6. The molecule has 4 amide bonds. The average molecular weight is 877 g/mol. The Balaban J connectivity index is 0.000000241. The minimum Gasteiger partial charge on any atom is -0.490 e. The van der Waals surface area contributed by atoms with E-state index in [0.717, 1.165) is 11.1 Å². The van der Waals surface area contributed by atoms with Gasteiger partial charge in [-0.15, -0.1) is 0 Å². The molecule has 6 atom stereocenters. The van der Waals surface area contributed by atoms with Crippen molar-refractivity contribution in [2.24, 2.45) is 11.8 Å². The molecule has 4 aromatic carbocycles. The van der Waals surface area contributed by atoms with E-state index in [1.807, 2.05) is 78.0 Å². The summed E-state index contributed by atoms with van der Waals surface area (Å²) in [7, 11) is 3.29. The molecule has 2 heterocycles. The molecule has 0 aliphatic carbocycles. The van der Waals surface area contributed by atoms with E-state index >= 15 is 0 Å². The number of nitrogens with one attached hydrogen (secondary N) is 2. The number of rotatable bonds is 4. The maximum Gasteiger partial charge on any atom is 0.258 e. The molecule has 0 saturated heterocycles. The van der Waals surface area contributed by atoms with Crippen LogP contribution in [0.15, 0.2) is 121 Å². The van der Waals surface area contributed by atoms with E-state index in [1.165, 1.54) is 34.1 Å². The Morgan fingerprint density at radius 2 is 0.844 bits per heavy atom. The van der Waals surface area contributed by atoms with Gasteiger partial charge in [-0.2, -0.15) is 0 Å². The van der Waals surface area contributed by atoms with Crippen molar-refractivity contribution in [2.75, 3.05) is 14.1 Å². The first-order chi connectivity index (χ1) is 30.5. The lowest BCUT2D eigenvalue weighted by Crippen LogP contribution is -2.51. The largest absolute Gasteiger partial charge is 0.490 e. The van der Waals surface area contributed by atoms with Crippen LogP contribution < -0.4 is 20.1 Å². The number of likely N-dealkylation sites (N-methyl/N-ethyl adjacent to an activating group) is 2. The third kappa shape index (κ3) is 12.9. The fourth-order valence-corrected chi connectivity index (χ4v) is 8.01. The molecule has 0 unspecified atom stereocenters. The van der Waals surface area contributed by atoms with Crippen LogP contribution in [0.1, 0.15) is 111 Å². The summed E-state index contributed by atoms with van der Waals surface area (Å²) in [4.78, 5) is 56.4. The Labute approximate surface area is 376 Å². The number of ether oxygens (including phenoxy) is 2. The van der Waals surface area contributed by atoms with Crippen molar-refractivity contribution in [1.82, 2.24) is 20.4 Å². The fraction of sp³-hybridized carbons (Fsp3) is 0.385. The summed E-state index contributed by atoms with van der Waals surface area (Å²) in [5.41, 5.74) is 2.47. The second kappa shape index (κ2) is 22.9. The van der Waals surface area contributed by atoms with Crippen LogP contribution in [0, 0.1) is 23.5 Å². The summed E-state index contributed by atoms with van der Waals surface area (Å²) in [6.07, 6.45) is 10.2. The number of benzene rings is 4. The Hall–Kier alpha value is -6.30. The van der Waals surface area contributed by atoms with Gasteiger partial charge in [0.25, 0.3) is 11.8 Å². The van der Waals surface area contributed by atoms with Gasteiger partial charge in [-0.05, 0) is 98.2 Å². The summed E-state index contributed by atoms with van der Waals surface area (Å²) in [5, 5.41) is 6.17. The molecule has 4 aromatic rings. The summed E-state index contributed by atoms with van der Waals surface area (Å²) >= 11 is 0. The highest BCUT2D eigenvalue weighted by atomic mass is 19.1. The summed E-state index contributed by atoms with van der Waals surface area (Å²) in [6, 6.07) is 24.5. The molecular formula is C52H62F2N4O6. The zero-order valence-electron chi connectivity index (χ0n) is 38.1. The Morgan fingerprint density at radius 1 is 0.516 bits per heavy atom. The van der Waals surface area contributed by atoms with Crippen molar-refractivity contribution in [3.63, 3.8) is 0 Å². The third-order valence-corrected chi connectivity index (χ3v) is 11.4. The molecule has 2 aliphatic rings. The first kappa shape index (κ1) is 48.7. The molecule has 2 aliphatic heterocycles. The van der Waals surface area contributed by atoms with Crippen molar-refractivity contribution in [3.05, 3.63) is 155 Å². The zero-order chi connectivity index (χ0) is 46.5. The predicted molar refractivity (Wildman–Crippen MR) is 246 cm³/mol. The van der Waals surface area contributed by atoms with Crippen LogP contribution in [0.4, 0.5) is 8.78 Å². The van der Waals surface area contributed by atoms with E-state index in [1.54, 1.807) is 74.8 Å². The van der Waals surface area contributed by atoms with Gasteiger partial charge in [0.2, 0.25) is 11.8 Å². The molecule has 0 bridgehead atoms. The molecule has 0 fully saturated rings. The van der Waals surface area contributed by atoms with Gasteiger partial charge in [-0.1, -0.05) is 101 Å². The molecule has 0 aromatic heterocycles. The predicted octanol–water partition coefficient (Wildman–Crippen LogP) is 9.79. The van der Waals surface area contributed by atoms with Gasteiger partial charge in [-0.25, -0.2) is 8.78 Å². The number of halogens is 2. The molecule has 2 N–H and O–H groups in total. The SMILES string of the molecule is CC(C)[C@H]1C(=O)N[C@H](c2ccc(F)cc2)C/C=C/C[C@@H](C)Oc2ccccc2C(=O)N1C.CC(C)[C@H]1C(=O)N[C@H](c2ccc(F)cc2)C/C=C\C[C@@H](C)Oc2ccccc2C(=O)N1C. The lowest BCUT2D eigenvalue weighted by atomic mass is 9.98. The van der Waals surface area contributed by atoms with Gasteiger partial charge in [0.1, 0.15) is 35.2 Å². The van der Waals surface area contributed by atoms with Crippen LogP contribution in [0.5, 0.6) is 11.5 Å². The maximum absolute atomic E-state index is 13.4. The lowest BCUT2D eigenvalue weighted by Gasteiger charge is -2.32. The molecule has 0 radical (unpaired) electrons. The van der Waals surface area contributed by atoms with Gasteiger partial charge < -0.3 is 29.9 Å². The number of amides is 4. The number of hydrogen-bond donors (Lipinski definition) is 2. The highest BCUT2D eigenvalue weighted by Crippen LogP contribution is 2.28. The molecule has 340 valence electrons. The minimum atomic E-state index is -0.678. The van der Waals surface area contributed by atoms with Crippen LogP contribution in [0.25, 0.3) is 0 Å². The van der Waals surface area contributed by atoms with Gasteiger partial charge >= 0.3 is 0 Å². The lowest BCUT2D eigenvalue weighted by molar-refractivity contribution is -0.128.